The number of thiophene rings is 1. The smallest absolute Gasteiger partial charge is 0.251 e. The van der Waals surface area contributed by atoms with Crippen LogP contribution < -0.4 is 5.32 Å². The minimum Gasteiger partial charge on any atom is -0.388 e. The lowest BCUT2D eigenvalue weighted by atomic mass is 9.81. The molecule has 162 valence electrons. The summed E-state index contributed by atoms with van der Waals surface area (Å²) in [6.07, 6.45) is 3.13. The first kappa shape index (κ1) is 21.5. The molecule has 1 fully saturated rings. The molecule has 2 N–H and O–H groups in total. The van der Waals surface area contributed by atoms with Crippen molar-refractivity contribution in [1.82, 2.24) is 15.2 Å². The Morgan fingerprint density at radius 3 is 2.74 bits per heavy atom. The fourth-order valence-corrected chi connectivity index (χ4v) is 4.90. The molecule has 1 saturated heterocycles. The van der Waals surface area contributed by atoms with Crippen molar-refractivity contribution in [2.45, 2.75) is 37.6 Å². The second-order valence-corrected chi connectivity index (χ2v) is 8.94. The molecule has 1 aliphatic rings. The van der Waals surface area contributed by atoms with Crippen molar-refractivity contribution in [2.24, 2.45) is 0 Å². The molecule has 3 aromatic rings. The molecule has 1 aromatic carbocycles. The fourth-order valence-electron chi connectivity index (χ4n) is 4.01. The molecule has 0 radical (unpaired) electrons. The van der Waals surface area contributed by atoms with Crippen molar-refractivity contribution in [1.29, 1.82) is 0 Å². The summed E-state index contributed by atoms with van der Waals surface area (Å²) in [5.41, 5.74) is -0.376. The highest BCUT2D eigenvalue weighted by Crippen LogP contribution is 2.39. The van der Waals surface area contributed by atoms with Crippen LogP contribution >= 0.6 is 11.3 Å². The van der Waals surface area contributed by atoms with Gasteiger partial charge in [0.25, 0.3) is 5.91 Å². The van der Waals surface area contributed by atoms with E-state index in [4.69, 9.17) is 0 Å². The minimum atomic E-state index is -1.18. The molecule has 4 rings (SSSR count). The maximum atomic E-state index is 14.3. The number of aromatic nitrogens is 1. The first-order valence-corrected chi connectivity index (χ1v) is 10.9. The van der Waals surface area contributed by atoms with Gasteiger partial charge in [-0.3, -0.25) is 14.7 Å². The normalized spacial score (nSPS) is 24.1. The molecular weight excluding hydrogens is 420 g/mol. The third kappa shape index (κ3) is 4.66. The van der Waals surface area contributed by atoms with Gasteiger partial charge in [-0.25, -0.2) is 8.78 Å². The Balaban J connectivity index is 1.66. The van der Waals surface area contributed by atoms with E-state index in [9.17, 15) is 18.7 Å². The highest BCUT2D eigenvalue weighted by molar-refractivity contribution is 7.10. The van der Waals surface area contributed by atoms with Gasteiger partial charge in [0.2, 0.25) is 0 Å². The number of amides is 1. The molecular formula is C23H23F2N3O2S. The Bertz CT molecular complexity index is 1040. The van der Waals surface area contributed by atoms with Gasteiger partial charge in [-0.05, 0) is 55.1 Å². The van der Waals surface area contributed by atoms with Crippen LogP contribution in [-0.4, -0.2) is 39.1 Å². The van der Waals surface area contributed by atoms with Gasteiger partial charge in [0, 0.05) is 35.3 Å². The van der Waals surface area contributed by atoms with Crippen LogP contribution in [0.4, 0.5) is 8.78 Å². The lowest BCUT2D eigenvalue weighted by molar-refractivity contribution is -0.0658. The van der Waals surface area contributed by atoms with Crippen LogP contribution in [0, 0.1) is 11.6 Å². The maximum Gasteiger partial charge on any atom is 0.251 e. The van der Waals surface area contributed by atoms with E-state index in [-0.39, 0.29) is 6.04 Å². The Labute approximate surface area is 183 Å². The van der Waals surface area contributed by atoms with Gasteiger partial charge in [0.05, 0.1) is 23.9 Å². The van der Waals surface area contributed by atoms with Crippen molar-refractivity contribution in [3.05, 3.63) is 87.9 Å². The number of aliphatic hydroxyl groups is 1. The minimum absolute atomic E-state index is 0.305. The van der Waals surface area contributed by atoms with Crippen LogP contribution in [0.3, 0.4) is 0 Å². The summed E-state index contributed by atoms with van der Waals surface area (Å²) in [6.45, 7) is 2.55. The topological polar surface area (TPSA) is 65.5 Å². The third-order valence-electron chi connectivity index (χ3n) is 5.74. The number of nitrogens with one attached hydrogen (secondary N) is 1. The van der Waals surface area contributed by atoms with Gasteiger partial charge in [-0.1, -0.05) is 6.07 Å². The number of benzene rings is 1. The standard InChI is InChI=1S/C23H23F2N3O2S/c1-23(30)9-11-28(14-16-8-10-26-13-18(16)25)20(19-3-2-12-31-19)21(23)27-22(29)15-4-6-17(24)7-5-15/h2-8,10,12-13,20-21,30H,9,11,14H2,1H3,(H,27,29). The Morgan fingerprint density at radius 1 is 1.29 bits per heavy atom. The number of rotatable bonds is 5. The number of carbonyl (C=O) groups is 1. The van der Waals surface area contributed by atoms with Gasteiger partial charge < -0.3 is 10.4 Å². The number of nitrogens with zero attached hydrogens (tertiary/aromatic N) is 2. The Morgan fingerprint density at radius 2 is 2.06 bits per heavy atom. The van der Waals surface area contributed by atoms with E-state index in [1.807, 2.05) is 17.5 Å². The molecule has 31 heavy (non-hydrogen) atoms. The first-order chi connectivity index (χ1) is 14.8. The molecule has 0 bridgehead atoms. The highest BCUT2D eigenvalue weighted by atomic mass is 32.1. The van der Waals surface area contributed by atoms with E-state index >= 15 is 0 Å². The lowest BCUT2D eigenvalue weighted by Gasteiger charge is -2.48. The molecule has 0 aliphatic carbocycles. The lowest BCUT2D eigenvalue weighted by Crippen LogP contribution is -2.62. The average Bonchev–Trinajstić information content (AvgIpc) is 3.27. The average molecular weight is 444 g/mol. The van der Waals surface area contributed by atoms with Crippen LogP contribution in [0.15, 0.2) is 60.2 Å². The van der Waals surface area contributed by atoms with Crippen molar-refractivity contribution in [3.63, 3.8) is 0 Å². The first-order valence-electron chi connectivity index (χ1n) is 10.00. The number of hydrogen-bond acceptors (Lipinski definition) is 5. The quantitative estimate of drug-likeness (QED) is 0.628. The van der Waals surface area contributed by atoms with E-state index < -0.39 is 29.2 Å². The summed E-state index contributed by atoms with van der Waals surface area (Å²) in [7, 11) is 0. The summed E-state index contributed by atoms with van der Waals surface area (Å²) >= 11 is 1.52. The van der Waals surface area contributed by atoms with Crippen LogP contribution in [0.25, 0.3) is 0 Å². The summed E-state index contributed by atoms with van der Waals surface area (Å²) in [5, 5.41) is 16.1. The van der Waals surface area contributed by atoms with Crippen LogP contribution in [0.5, 0.6) is 0 Å². The molecule has 1 aliphatic heterocycles. The predicted octanol–water partition coefficient (Wildman–Crippen LogP) is 3.92. The number of piperidine rings is 1. The molecule has 3 atom stereocenters. The SMILES string of the molecule is CC1(O)CCN(Cc2ccncc2F)C(c2cccs2)C1NC(=O)c1ccc(F)cc1. The molecule has 1 amide bonds. The number of halogens is 2. The second-order valence-electron chi connectivity index (χ2n) is 7.96. The molecule has 8 heteroatoms. The zero-order valence-electron chi connectivity index (χ0n) is 17.0. The molecule has 5 nitrogen and oxygen atoms in total. The Kier molecular flexibility index (Phi) is 6.13. The number of hydrogen-bond donors (Lipinski definition) is 2. The van der Waals surface area contributed by atoms with E-state index in [2.05, 4.69) is 15.2 Å². The molecule has 0 spiro atoms. The number of likely N-dealkylation sites (tertiary alicyclic amines) is 1. The summed E-state index contributed by atoms with van der Waals surface area (Å²) < 4.78 is 27.5. The summed E-state index contributed by atoms with van der Waals surface area (Å²) in [5.74, 6) is -1.22. The van der Waals surface area contributed by atoms with Gasteiger partial charge in [0.1, 0.15) is 11.6 Å². The fraction of sp³-hybridized carbons (Fsp3) is 0.304. The van der Waals surface area contributed by atoms with Crippen LogP contribution in [-0.2, 0) is 6.54 Å². The Hall–Kier alpha value is -2.68. The van der Waals surface area contributed by atoms with Gasteiger partial charge in [-0.2, -0.15) is 0 Å². The summed E-state index contributed by atoms with van der Waals surface area (Å²) in [6, 6.07) is 9.75. The van der Waals surface area contributed by atoms with E-state index in [0.717, 1.165) is 4.88 Å². The van der Waals surface area contributed by atoms with Gasteiger partial charge >= 0.3 is 0 Å². The zero-order chi connectivity index (χ0) is 22.0. The molecule has 3 heterocycles. The van der Waals surface area contributed by atoms with Crippen molar-refractivity contribution >= 4 is 17.2 Å². The van der Waals surface area contributed by atoms with Crippen molar-refractivity contribution in [2.75, 3.05) is 6.54 Å². The highest BCUT2D eigenvalue weighted by Gasteiger charge is 2.46. The predicted molar refractivity (Wildman–Crippen MR) is 115 cm³/mol. The molecule has 0 saturated carbocycles. The van der Waals surface area contributed by atoms with Crippen molar-refractivity contribution in [3.8, 4) is 0 Å². The van der Waals surface area contributed by atoms with E-state index in [1.54, 1.807) is 19.2 Å². The number of carbonyl (C=O) groups excluding carboxylic acids is 1. The van der Waals surface area contributed by atoms with Crippen molar-refractivity contribution < 1.29 is 18.7 Å². The number of pyridine rings is 1. The third-order valence-corrected chi connectivity index (χ3v) is 6.68. The van der Waals surface area contributed by atoms with E-state index in [0.29, 0.717) is 30.6 Å². The van der Waals surface area contributed by atoms with Gasteiger partial charge in [0.15, 0.2) is 0 Å². The van der Waals surface area contributed by atoms with Crippen LogP contribution in [0.2, 0.25) is 0 Å². The summed E-state index contributed by atoms with van der Waals surface area (Å²) in [4.78, 5) is 19.8. The molecule has 2 aromatic heterocycles. The second kappa shape index (κ2) is 8.82. The van der Waals surface area contributed by atoms with Crippen LogP contribution in [0.1, 0.15) is 40.2 Å². The molecule has 3 unspecified atom stereocenters. The largest absolute Gasteiger partial charge is 0.388 e. The monoisotopic (exact) mass is 443 g/mol. The van der Waals surface area contributed by atoms with Gasteiger partial charge in [-0.15, -0.1) is 11.3 Å². The zero-order valence-corrected chi connectivity index (χ0v) is 17.8. The maximum absolute atomic E-state index is 14.3. The van der Waals surface area contributed by atoms with E-state index in [1.165, 1.54) is 41.8 Å².